The number of aromatic nitrogens is 1. The maximum atomic E-state index is 12.2. The lowest BCUT2D eigenvalue weighted by atomic mass is 10.2. The van der Waals surface area contributed by atoms with Crippen molar-refractivity contribution in [1.29, 1.82) is 0 Å². The minimum Gasteiger partial charge on any atom is -0.383 e. The van der Waals surface area contributed by atoms with Crippen LogP contribution in [0.5, 0.6) is 0 Å². The first-order valence-electron chi connectivity index (χ1n) is 5.52. The van der Waals surface area contributed by atoms with Gasteiger partial charge in [-0.1, -0.05) is 17.7 Å². The third-order valence-electron chi connectivity index (χ3n) is 2.48. The van der Waals surface area contributed by atoms with Gasteiger partial charge in [0.25, 0.3) is 5.91 Å². The van der Waals surface area contributed by atoms with Crippen molar-refractivity contribution in [2.45, 2.75) is 19.9 Å². The Labute approximate surface area is 107 Å². The summed E-state index contributed by atoms with van der Waals surface area (Å²) in [6.45, 7) is 4.97. The summed E-state index contributed by atoms with van der Waals surface area (Å²) >= 11 is 5.77. The second-order valence-corrected chi connectivity index (χ2v) is 4.13. The fourth-order valence-electron chi connectivity index (χ4n) is 1.66. The summed E-state index contributed by atoms with van der Waals surface area (Å²) in [5.41, 5.74) is 0.363. The smallest absolute Gasteiger partial charge is 0.272 e. The average Bonchev–Trinajstić information content (AvgIpc) is 2.30. The number of amides is 1. The molecule has 17 heavy (non-hydrogen) atoms. The van der Waals surface area contributed by atoms with Gasteiger partial charge < -0.3 is 9.64 Å². The Hall–Kier alpha value is -1.13. The minimum atomic E-state index is -0.125. The van der Waals surface area contributed by atoms with Crippen molar-refractivity contribution >= 4 is 17.5 Å². The molecule has 1 heterocycles. The van der Waals surface area contributed by atoms with Crippen LogP contribution in [0.25, 0.3) is 0 Å². The Balaban J connectivity index is 2.86. The van der Waals surface area contributed by atoms with E-state index in [2.05, 4.69) is 4.98 Å². The maximum absolute atomic E-state index is 12.2. The van der Waals surface area contributed by atoms with Crippen molar-refractivity contribution in [2.75, 3.05) is 20.3 Å². The highest BCUT2D eigenvalue weighted by atomic mass is 35.5. The molecule has 0 saturated carbocycles. The number of carbonyl (C=O) groups is 1. The molecule has 0 radical (unpaired) electrons. The zero-order valence-corrected chi connectivity index (χ0v) is 11.1. The first-order valence-corrected chi connectivity index (χ1v) is 5.90. The molecule has 0 N–H and O–H groups in total. The van der Waals surface area contributed by atoms with Crippen molar-refractivity contribution in [3.63, 3.8) is 0 Å². The minimum absolute atomic E-state index is 0.0123. The number of methoxy groups -OCH3 is 1. The number of hydrogen-bond donors (Lipinski definition) is 0. The van der Waals surface area contributed by atoms with Crippen LogP contribution in [0.15, 0.2) is 18.2 Å². The maximum Gasteiger partial charge on any atom is 0.272 e. The highest BCUT2D eigenvalue weighted by molar-refractivity contribution is 6.29. The highest BCUT2D eigenvalue weighted by Gasteiger charge is 2.20. The summed E-state index contributed by atoms with van der Waals surface area (Å²) in [4.78, 5) is 17.9. The van der Waals surface area contributed by atoms with Gasteiger partial charge in [-0.15, -0.1) is 0 Å². The molecule has 94 valence electrons. The van der Waals surface area contributed by atoms with E-state index >= 15 is 0 Å². The van der Waals surface area contributed by atoms with Crippen LogP contribution in [0.4, 0.5) is 0 Å². The standard InChI is InChI=1S/C12H17ClN2O2/c1-4-15(9(2)8-17-3)12(16)10-6-5-7-11(13)14-10/h5-7,9H,4,8H2,1-3H3. The first kappa shape index (κ1) is 13.9. The molecular formula is C12H17ClN2O2. The van der Waals surface area contributed by atoms with Crippen LogP contribution in [0.3, 0.4) is 0 Å². The number of likely N-dealkylation sites (N-methyl/N-ethyl adjacent to an activating group) is 1. The predicted molar refractivity (Wildman–Crippen MR) is 67.3 cm³/mol. The number of hydrogen-bond acceptors (Lipinski definition) is 3. The molecule has 0 saturated heterocycles. The lowest BCUT2D eigenvalue weighted by Gasteiger charge is -2.27. The third kappa shape index (κ3) is 3.68. The first-order chi connectivity index (χ1) is 8.10. The number of ether oxygens (including phenoxy) is 1. The van der Waals surface area contributed by atoms with E-state index in [9.17, 15) is 4.79 Å². The fourth-order valence-corrected chi connectivity index (χ4v) is 1.82. The Morgan fingerprint density at radius 3 is 2.82 bits per heavy atom. The second kappa shape index (κ2) is 6.57. The van der Waals surface area contributed by atoms with E-state index in [1.807, 2.05) is 13.8 Å². The van der Waals surface area contributed by atoms with E-state index in [-0.39, 0.29) is 11.9 Å². The average molecular weight is 257 g/mol. The van der Waals surface area contributed by atoms with Gasteiger partial charge >= 0.3 is 0 Å². The molecule has 0 spiro atoms. The van der Waals surface area contributed by atoms with Gasteiger partial charge in [-0.25, -0.2) is 4.98 Å². The Kier molecular flexibility index (Phi) is 5.38. The molecule has 0 aliphatic carbocycles. The zero-order chi connectivity index (χ0) is 12.8. The topological polar surface area (TPSA) is 42.4 Å². The molecule has 0 bridgehead atoms. The summed E-state index contributed by atoms with van der Waals surface area (Å²) < 4.78 is 5.06. The Bertz CT molecular complexity index is 385. The quantitative estimate of drug-likeness (QED) is 0.759. The van der Waals surface area contributed by atoms with Crippen LogP contribution in [0, 0.1) is 0 Å². The third-order valence-corrected chi connectivity index (χ3v) is 2.69. The van der Waals surface area contributed by atoms with Gasteiger partial charge in [0.15, 0.2) is 0 Å². The molecule has 1 aromatic rings. The van der Waals surface area contributed by atoms with Crippen molar-refractivity contribution in [3.05, 3.63) is 29.0 Å². The van der Waals surface area contributed by atoms with E-state index in [4.69, 9.17) is 16.3 Å². The molecule has 0 fully saturated rings. The lowest BCUT2D eigenvalue weighted by Crippen LogP contribution is -2.41. The van der Waals surface area contributed by atoms with Crippen LogP contribution in [0.2, 0.25) is 5.15 Å². The summed E-state index contributed by atoms with van der Waals surface area (Å²) in [5.74, 6) is -0.125. The Morgan fingerprint density at radius 1 is 1.59 bits per heavy atom. The van der Waals surface area contributed by atoms with Gasteiger partial charge in [-0.2, -0.15) is 0 Å². The van der Waals surface area contributed by atoms with Crippen LogP contribution in [-0.4, -0.2) is 42.1 Å². The molecule has 1 aromatic heterocycles. The van der Waals surface area contributed by atoms with Gasteiger partial charge in [-0.3, -0.25) is 4.79 Å². The second-order valence-electron chi connectivity index (χ2n) is 3.74. The van der Waals surface area contributed by atoms with E-state index in [1.54, 1.807) is 30.2 Å². The van der Waals surface area contributed by atoms with Crippen LogP contribution in [0.1, 0.15) is 24.3 Å². The van der Waals surface area contributed by atoms with E-state index in [0.717, 1.165) is 0 Å². The molecule has 1 atom stereocenters. The van der Waals surface area contributed by atoms with Crippen molar-refractivity contribution in [2.24, 2.45) is 0 Å². The SMILES string of the molecule is CCN(C(=O)c1cccc(Cl)n1)C(C)COC. The Morgan fingerprint density at radius 2 is 2.29 bits per heavy atom. The molecule has 5 heteroatoms. The van der Waals surface area contributed by atoms with E-state index in [0.29, 0.717) is 24.0 Å². The molecule has 1 rings (SSSR count). The zero-order valence-electron chi connectivity index (χ0n) is 10.3. The monoisotopic (exact) mass is 256 g/mol. The lowest BCUT2D eigenvalue weighted by molar-refractivity contribution is 0.0573. The van der Waals surface area contributed by atoms with Gasteiger partial charge in [0, 0.05) is 13.7 Å². The van der Waals surface area contributed by atoms with Crippen molar-refractivity contribution < 1.29 is 9.53 Å². The molecule has 4 nitrogen and oxygen atoms in total. The summed E-state index contributed by atoms with van der Waals surface area (Å²) in [7, 11) is 1.62. The molecular weight excluding hydrogens is 240 g/mol. The van der Waals surface area contributed by atoms with Gasteiger partial charge in [0.05, 0.1) is 12.6 Å². The molecule has 0 aliphatic rings. The van der Waals surface area contributed by atoms with Gasteiger partial charge in [-0.05, 0) is 26.0 Å². The molecule has 0 aromatic carbocycles. The summed E-state index contributed by atoms with van der Waals surface area (Å²) in [6.07, 6.45) is 0. The van der Waals surface area contributed by atoms with Crippen molar-refractivity contribution in [3.8, 4) is 0 Å². The molecule has 1 unspecified atom stereocenters. The van der Waals surface area contributed by atoms with Gasteiger partial charge in [0.2, 0.25) is 0 Å². The molecule has 1 amide bonds. The van der Waals surface area contributed by atoms with E-state index < -0.39 is 0 Å². The number of nitrogens with zero attached hydrogens (tertiary/aromatic N) is 2. The fraction of sp³-hybridized carbons (Fsp3) is 0.500. The van der Waals surface area contributed by atoms with Crippen molar-refractivity contribution in [1.82, 2.24) is 9.88 Å². The van der Waals surface area contributed by atoms with Crippen LogP contribution < -0.4 is 0 Å². The highest BCUT2D eigenvalue weighted by Crippen LogP contribution is 2.10. The van der Waals surface area contributed by atoms with Crippen LogP contribution >= 0.6 is 11.6 Å². The number of rotatable bonds is 5. The van der Waals surface area contributed by atoms with Gasteiger partial charge in [0.1, 0.15) is 10.8 Å². The number of halogens is 1. The van der Waals surface area contributed by atoms with Crippen LogP contribution in [-0.2, 0) is 4.74 Å². The largest absolute Gasteiger partial charge is 0.383 e. The normalized spacial score (nSPS) is 12.2. The molecule has 0 aliphatic heterocycles. The van der Waals surface area contributed by atoms with E-state index in [1.165, 1.54) is 0 Å². The number of pyridine rings is 1. The summed E-state index contributed by atoms with van der Waals surface area (Å²) in [5, 5.41) is 0.325. The summed E-state index contributed by atoms with van der Waals surface area (Å²) in [6, 6.07) is 5.04. The predicted octanol–water partition coefficient (Wildman–Crippen LogP) is 2.23. The number of carbonyl (C=O) groups excluding carboxylic acids is 1.